The molecule has 4 rings (SSSR count). The average Bonchev–Trinajstić information content (AvgIpc) is 2.82. The lowest BCUT2D eigenvalue weighted by Gasteiger charge is -2.15. The van der Waals surface area contributed by atoms with E-state index in [9.17, 15) is 0 Å². The van der Waals surface area contributed by atoms with Crippen LogP contribution in [0.4, 0.5) is 22.7 Å². The molecule has 0 radical (unpaired) electrons. The van der Waals surface area contributed by atoms with Crippen LogP contribution in [0.1, 0.15) is 36.1 Å². The molecule has 2 nitrogen and oxygen atoms in total. The van der Waals surface area contributed by atoms with Crippen molar-refractivity contribution in [3.8, 4) is 11.1 Å². The van der Waals surface area contributed by atoms with Gasteiger partial charge in [-0.05, 0) is 84.3 Å². The first-order chi connectivity index (χ1) is 15.6. The van der Waals surface area contributed by atoms with Crippen LogP contribution in [0.3, 0.4) is 0 Å². The predicted molar refractivity (Wildman–Crippen MR) is 140 cm³/mol. The Morgan fingerprint density at radius 3 is 1.22 bits per heavy atom. The second-order valence-electron chi connectivity index (χ2n) is 8.33. The van der Waals surface area contributed by atoms with Gasteiger partial charge in [0.2, 0.25) is 0 Å². The second kappa shape index (κ2) is 9.74. The van der Waals surface area contributed by atoms with Crippen molar-refractivity contribution in [2.75, 3.05) is 10.6 Å². The number of hydrogen-bond acceptors (Lipinski definition) is 2. The van der Waals surface area contributed by atoms with Gasteiger partial charge in [0.25, 0.3) is 0 Å². The van der Waals surface area contributed by atoms with Crippen LogP contribution in [0.2, 0.25) is 0 Å². The van der Waals surface area contributed by atoms with Crippen LogP contribution >= 0.6 is 0 Å². The van der Waals surface area contributed by atoms with Crippen LogP contribution in [0.25, 0.3) is 11.1 Å². The minimum atomic E-state index is 1.02. The van der Waals surface area contributed by atoms with Gasteiger partial charge in [0.15, 0.2) is 0 Å². The minimum absolute atomic E-state index is 1.02. The SMILES string of the molecule is CCc1cccc(C)c1Nc1ccc(-c2ccc(Nc3c(C)cccc3CC)cc2)cc1. The average molecular weight is 421 g/mol. The Bertz CT molecular complexity index is 1090. The molecule has 162 valence electrons. The van der Waals surface area contributed by atoms with Gasteiger partial charge in [-0.25, -0.2) is 0 Å². The highest BCUT2D eigenvalue weighted by molar-refractivity contribution is 5.73. The lowest BCUT2D eigenvalue weighted by Crippen LogP contribution is -1.98. The Morgan fingerprint density at radius 1 is 0.500 bits per heavy atom. The van der Waals surface area contributed by atoms with Crippen LogP contribution < -0.4 is 10.6 Å². The number of rotatable bonds is 7. The van der Waals surface area contributed by atoms with Crippen molar-refractivity contribution >= 4 is 22.7 Å². The van der Waals surface area contributed by atoms with Crippen molar-refractivity contribution in [2.45, 2.75) is 40.5 Å². The fourth-order valence-electron chi connectivity index (χ4n) is 4.18. The van der Waals surface area contributed by atoms with Gasteiger partial charge >= 0.3 is 0 Å². The fraction of sp³-hybridized carbons (Fsp3) is 0.200. The highest BCUT2D eigenvalue weighted by atomic mass is 14.9. The van der Waals surface area contributed by atoms with Gasteiger partial charge < -0.3 is 10.6 Å². The normalized spacial score (nSPS) is 10.8. The Morgan fingerprint density at radius 2 is 0.875 bits per heavy atom. The van der Waals surface area contributed by atoms with Gasteiger partial charge in [-0.2, -0.15) is 0 Å². The van der Waals surface area contributed by atoms with Crippen molar-refractivity contribution < 1.29 is 0 Å². The molecule has 0 aliphatic carbocycles. The maximum absolute atomic E-state index is 3.61. The van der Waals surface area contributed by atoms with E-state index in [1.165, 1.54) is 44.8 Å². The van der Waals surface area contributed by atoms with E-state index >= 15 is 0 Å². The molecule has 4 aromatic carbocycles. The number of benzene rings is 4. The van der Waals surface area contributed by atoms with E-state index in [4.69, 9.17) is 0 Å². The summed E-state index contributed by atoms with van der Waals surface area (Å²) in [5, 5.41) is 7.23. The van der Waals surface area contributed by atoms with Gasteiger partial charge in [-0.3, -0.25) is 0 Å². The Hall–Kier alpha value is -3.52. The summed E-state index contributed by atoms with van der Waals surface area (Å²) in [6.45, 7) is 8.71. The van der Waals surface area contributed by atoms with E-state index in [1.54, 1.807) is 0 Å². The number of hydrogen-bond donors (Lipinski definition) is 2. The summed E-state index contributed by atoms with van der Waals surface area (Å²) < 4.78 is 0. The molecule has 4 aromatic rings. The molecule has 0 unspecified atom stereocenters. The molecular formula is C30H32N2. The lowest BCUT2D eigenvalue weighted by molar-refractivity contribution is 1.13. The van der Waals surface area contributed by atoms with Crippen molar-refractivity contribution in [3.63, 3.8) is 0 Å². The molecular weight excluding hydrogens is 388 g/mol. The zero-order valence-corrected chi connectivity index (χ0v) is 19.5. The maximum atomic E-state index is 3.61. The monoisotopic (exact) mass is 420 g/mol. The number of nitrogens with one attached hydrogen (secondary N) is 2. The predicted octanol–water partition coefficient (Wildman–Crippen LogP) is 8.58. The molecule has 0 spiro atoms. The second-order valence-corrected chi connectivity index (χ2v) is 8.33. The summed E-state index contributed by atoms with van der Waals surface area (Å²) in [5.41, 5.74) is 12.3. The van der Waals surface area contributed by atoms with E-state index < -0.39 is 0 Å². The Labute approximate surface area is 192 Å². The molecule has 0 aromatic heterocycles. The minimum Gasteiger partial charge on any atom is -0.355 e. The fourth-order valence-corrected chi connectivity index (χ4v) is 4.18. The summed E-state index contributed by atoms with van der Waals surface area (Å²) in [6, 6.07) is 30.3. The van der Waals surface area contributed by atoms with Gasteiger partial charge in [-0.15, -0.1) is 0 Å². The zero-order chi connectivity index (χ0) is 22.5. The molecule has 32 heavy (non-hydrogen) atoms. The zero-order valence-electron chi connectivity index (χ0n) is 19.5. The van der Waals surface area contributed by atoms with Crippen molar-refractivity contribution in [3.05, 3.63) is 107 Å². The van der Waals surface area contributed by atoms with E-state index in [2.05, 4.69) is 123 Å². The maximum Gasteiger partial charge on any atom is 0.0446 e. The van der Waals surface area contributed by atoms with Gasteiger partial charge in [0.05, 0.1) is 0 Å². The van der Waals surface area contributed by atoms with Gasteiger partial charge in [-0.1, -0.05) is 74.5 Å². The molecule has 0 aliphatic rings. The third-order valence-corrected chi connectivity index (χ3v) is 6.12. The molecule has 2 heteroatoms. The van der Waals surface area contributed by atoms with Crippen LogP contribution in [-0.2, 0) is 12.8 Å². The van der Waals surface area contributed by atoms with Crippen LogP contribution in [0.5, 0.6) is 0 Å². The van der Waals surface area contributed by atoms with Crippen LogP contribution in [0.15, 0.2) is 84.9 Å². The lowest BCUT2D eigenvalue weighted by atomic mass is 10.0. The molecule has 0 aliphatic heterocycles. The molecule has 2 N–H and O–H groups in total. The topological polar surface area (TPSA) is 24.1 Å². The Balaban J connectivity index is 1.50. The molecule has 0 amide bonds. The van der Waals surface area contributed by atoms with Gasteiger partial charge in [0, 0.05) is 22.7 Å². The molecule has 0 saturated heterocycles. The standard InChI is InChI=1S/C30H32N2/c1-5-23-11-7-9-21(3)29(23)31-27-17-13-25(14-18-27)26-15-19-28(20-16-26)32-30-22(4)10-8-12-24(30)6-2/h7-20,31-32H,5-6H2,1-4H3. The van der Waals surface area contributed by atoms with Crippen molar-refractivity contribution in [2.24, 2.45) is 0 Å². The Kier molecular flexibility index (Phi) is 6.61. The van der Waals surface area contributed by atoms with E-state index in [0.717, 1.165) is 24.2 Å². The first-order valence-electron chi connectivity index (χ1n) is 11.5. The van der Waals surface area contributed by atoms with Crippen molar-refractivity contribution in [1.29, 1.82) is 0 Å². The number of aryl methyl sites for hydroxylation is 4. The van der Waals surface area contributed by atoms with Gasteiger partial charge in [0.1, 0.15) is 0 Å². The van der Waals surface area contributed by atoms with E-state index in [1.807, 2.05) is 0 Å². The first-order valence-corrected chi connectivity index (χ1v) is 11.5. The molecule has 0 saturated carbocycles. The third kappa shape index (κ3) is 4.70. The molecule has 0 heterocycles. The summed E-state index contributed by atoms with van der Waals surface area (Å²) in [6.07, 6.45) is 2.04. The van der Waals surface area contributed by atoms with Crippen molar-refractivity contribution in [1.82, 2.24) is 0 Å². The van der Waals surface area contributed by atoms with Crippen LogP contribution in [0, 0.1) is 13.8 Å². The smallest absolute Gasteiger partial charge is 0.0446 e. The first kappa shape index (κ1) is 21.7. The van der Waals surface area contributed by atoms with E-state index in [-0.39, 0.29) is 0 Å². The molecule has 0 fully saturated rings. The largest absolute Gasteiger partial charge is 0.355 e. The molecule has 0 bridgehead atoms. The molecule has 0 atom stereocenters. The van der Waals surface area contributed by atoms with Crippen LogP contribution in [-0.4, -0.2) is 0 Å². The highest BCUT2D eigenvalue weighted by Crippen LogP contribution is 2.30. The number of anilines is 4. The summed E-state index contributed by atoms with van der Waals surface area (Å²) in [5.74, 6) is 0. The number of para-hydroxylation sites is 2. The third-order valence-electron chi connectivity index (χ3n) is 6.12. The van der Waals surface area contributed by atoms with E-state index in [0.29, 0.717) is 0 Å². The quantitative estimate of drug-likeness (QED) is 0.313. The summed E-state index contributed by atoms with van der Waals surface area (Å²) in [7, 11) is 0. The summed E-state index contributed by atoms with van der Waals surface area (Å²) >= 11 is 0. The highest BCUT2D eigenvalue weighted by Gasteiger charge is 2.07. The summed E-state index contributed by atoms with van der Waals surface area (Å²) in [4.78, 5) is 0.